The third-order valence-electron chi connectivity index (χ3n) is 2.89. The minimum atomic E-state index is -0.244. The van der Waals surface area contributed by atoms with E-state index in [-0.39, 0.29) is 5.91 Å². The molecule has 0 spiro atoms. The smallest absolute Gasteiger partial charge is 0.274 e. The highest BCUT2D eigenvalue weighted by Crippen LogP contribution is 2.12. The van der Waals surface area contributed by atoms with Gasteiger partial charge in [-0.05, 0) is 29.8 Å². The highest BCUT2D eigenvalue weighted by Gasteiger charge is 2.05. The Hall–Kier alpha value is -2.33. The maximum absolute atomic E-state index is 11.9. The Morgan fingerprint density at radius 1 is 1.05 bits per heavy atom. The molecule has 0 aliphatic heterocycles. The summed E-state index contributed by atoms with van der Waals surface area (Å²) in [5.41, 5.74) is 5.07. The van der Waals surface area contributed by atoms with Crippen LogP contribution >= 0.6 is 0 Å². The molecule has 1 N–H and O–H groups in total. The molecule has 0 unspecified atom stereocenters. The molecule has 2 aromatic rings. The van der Waals surface area contributed by atoms with Crippen LogP contribution in [0.4, 0.5) is 5.69 Å². The van der Waals surface area contributed by atoms with Crippen molar-refractivity contribution >= 4 is 11.6 Å². The van der Waals surface area contributed by atoms with Gasteiger partial charge in [-0.2, -0.15) is 0 Å². The Bertz CT molecular complexity index is 550. The van der Waals surface area contributed by atoms with E-state index in [2.05, 4.69) is 5.48 Å². The van der Waals surface area contributed by atoms with Crippen molar-refractivity contribution in [3.8, 4) is 0 Å². The SMILES string of the molecule is CN(C)c1ccc(C(=O)NOCc2ccccc2)cc1. The molecule has 0 aliphatic rings. The Morgan fingerprint density at radius 3 is 2.30 bits per heavy atom. The number of hydrogen-bond donors (Lipinski definition) is 1. The van der Waals surface area contributed by atoms with Gasteiger partial charge < -0.3 is 4.90 Å². The molecule has 0 bridgehead atoms. The lowest BCUT2D eigenvalue weighted by molar-refractivity contribution is 0.0233. The van der Waals surface area contributed by atoms with Crippen LogP contribution in [0, 0.1) is 0 Å². The molecule has 2 rings (SSSR count). The van der Waals surface area contributed by atoms with Crippen LogP contribution in [0.1, 0.15) is 15.9 Å². The van der Waals surface area contributed by atoms with Crippen LogP contribution in [-0.4, -0.2) is 20.0 Å². The van der Waals surface area contributed by atoms with Crippen LogP contribution in [0.15, 0.2) is 54.6 Å². The van der Waals surface area contributed by atoms with E-state index in [9.17, 15) is 4.79 Å². The molecular formula is C16H18N2O2. The molecule has 4 heteroatoms. The van der Waals surface area contributed by atoms with Gasteiger partial charge in [0, 0.05) is 25.3 Å². The third-order valence-corrected chi connectivity index (χ3v) is 2.89. The van der Waals surface area contributed by atoms with Crippen molar-refractivity contribution in [2.24, 2.45) is 0 Å². The van der Waals surface area contributed by atoms with E-state index in [0.29, 0.717) is 12.2 Å². The molecule has 0 aliphatic carbocycles. The van der Waals surface area contributed by atoms with Crippen molar-refractivity contribution < 1.29 is 9.63 Å². The van der Waals surface area contributed by atoms with Gasteiger partial charge in [-0.15, -0.1) is 0 Å². The first-order valence-electron chi connectivity index (χ1n) is 6.40. The molecule has 0 atom stereocenters. The van der Waals surface area contributed by atoms with Gasteiger partial charge in [-0.3, -0.25) is 9.63 Å². The Kier molecular flexibility index (Phi) is 4.74. The number of amides is 1. The molecule has 4 nitrogen and oxygen atoms in total. The highest BCUT2D eigenvalue weighted by molar-refractivity contribution is 5.93. The first-order chi connectivity index (χ1) is 9.66. The summed E-state index contributed by atoms with van der Waals surface area (Å²) in [6.45, 7) is 0.350. The molecule has 0 saturated carbocycles. The third kappa shape index (κ3) is 3.83. The van der Waals surface area contributed by atoms with Crippen molar-refractivity contribution in [1.29, 1.82) is 0 Å². The minimum Gasteiger partial charge on any atom is -0.378 e. The standard InChI is InChI=1S/C16H18N2O2/c1-18(2)15-10-8-14(9-11-15)16(19)17-20-12-13-6-4-3-5-7-13/h3-11H,12H2,1-2H3,(H,17,19). The Balaban J connectivity index is 1.85. The van der Waals surface area contributed by atoms with Crippen LogP contribution in [-0.2, 0) is 11.4 Å². The maximum Gasteiger partial charge on any atom is 0.274 e. The van der Waals surface area contributed by atoms with Crippen LogP contribution < -0.4 is 10.4 Å². The van der Waals surface area contributed by atoms with Crippen molar-refractivity contribution in [3.05, 3.63) is 65.7 Å². The van der Waals surface area contributed by atoms with E-state index in [4.69, 9.17) is 4.84 Å². The average molecular weight is 270 g/mol. The first kappa shape index (κ1) is 14.1. The van der Waals surface area contributed by atoms with E-state index in [1.54, 1.807) is 12.1 Å². The van der Waals surface area contributed by atoms with Gasteiger partial charge in [0.1, 0.15) is 0 Å². The van der Waals surface area contributed by atoms with Gasteiger partial charge in [0.05, 0.1) is 6.61 Å². The second-order valence-electron chi connectivity index (χ2n) is 4.65. The fourth-order valence-electron chi connectivity index (χ4n) is 1.73. The fraction of sp³-hybridized carbons (Fsp3) is 0.188. The summed E-state index contributed by atoms with van der Waals surface area (Å²) in [6.07, 6.45) is 0. The van der Waals surface area contributed by atoms with Gasteiger partial charge in [-0.25, -0.2) is 5.48 Å². The first-order valence-corrected chi connectivity index (χ1v) is 6.40. The lowest BCUT2D eigenvalue weighted by Gasteiger charge is -2.12. The minimum absolute atomic E-state index is 0.244. The number of nitrogens with zero attached hydrogens (tertiary/aromatic N) is 1. The molecule has 2 aromatic carbocycles. The number of benzene rings is 2. The van der Waals surface area contributed by atoms with Crippen LogP contribution in [0.2, 0.25) is 0 Å². The number of hydroxylamine groups is 1. The summed E-state index contributed by atoms with van der Waals surface area (Å²) < 4.78 is 0. The monoisotopic (exact) mass is 270 g/mol. The molecule has 20 heavy (non-hydrogen) atoms. The van der Waals surface area contributed by atoms with Crippen LogP contribution in [0.25, 0.3) is 0 Å². The summed E-state index contributed by atoms with van der Waals surface area (Å²) in [4.78, 5) is 19.0. The predicted octanol–water partition coefficient (Wildman–Crippen LogP) is 2.61. The summed E-state index contributed by atoms with van der Waals surface area (Å²) in [5.74, 6) is -0.244. The number of carbonyl (C=O) groups excluding carboxylic acids is 1. The number of carbonyl (C=O) groups is 1. The molecule has 0 heterocycles. The van der Waals surface area contributed by atoms with Gasteiger partial charge in [-0.1, -0.05) is 30.3 Å². The molecule has 0 aromatic heterocycles. The zero-order valence-electron chi connectivity index (χ0n) is 11.7. The van der Waals surface area contributed by atoms with E-state index in [1.165, 1.54) is 0 Å². The van der Waals surface area contributed by atoms with Crippen molar-refractivity contribution in [2.75, 3.05) is 19.0 Å². The van der Waals surface area contributed by atoms with Crippen LogP contribution in [0.3, 0.4) is 0 Å². The molecule has 0 radical (unpaired) electrons. The summed E-state index contributed by atoms with van der Waals surface area (Å²) in [6, 6.07) is 17.0. The normalized spacial score (nSPS) is 10.1. The second-order valence-corrected chi connectivity index (χ2v) is 4.65. The summed E-state index contributed by atoms with van der Waals surface area (Å²) in [5, 5.41) is 0. The fourth-order valence-corrected chi connectivity index (χ4v) is 1.73. The lowest BCUT2D eigenvalue weighted by Crippen LogP contribution is -2.23. The van der Waals surface area contributed by atoms with Crippen molar-refractivity contribution in [1.82, 2.24) is 5.48 Å². The summed E-state index contributed by atoms with van der Waals surface area (Å²) >= 11 is 0. The lowest BCUT2D eigenvalue weighted by atomic mass is 10.2. The number of rotatable bonds is 5. The molecule has 104 valence electrons. The average Bonchev–Trinajstić information content (AvgIpc) is 2.48. The van der Waals surface area contributed by atoms with E-state index < -0.39 is 0 Å². The number of nitrogens with one attached hydrogen (secondary N) is 1. The topological polar surface area (TPSA) is 41.6 Å². The van der Waals surface area contributed by atoms with E-state index in [1.807, 2.05) is 61.5 Å². The zero-order chi connectivity index (χ0) is 14.4. The molecular weight excluding hydrogens is 252 g/mol. The van der Waals surface area contributed by atoms with Crippen molar-refractivity contribution in [3.63, 3.8) is 0 Å². The van der Waals surface area contributed by atoms with Crippen LogP contribution in [0.5, 0.6) is 0 Å². The van der Waals surface area contributed by atoms with Gasteiger partial charge in [0.15, 0.2) is 0 Å². The van der Waals surface area contributed by atoms with Gasteiger partial charge >= 0.3 is 0 Å². The molecule has 0 saturated heterocycles. The van der Waals surface area contributed by atoms with Gasteiger partial charge in [0.2, 0.25) is 0 Å². The van der Waals surface area contributed by atoms with E-state index in [0.717, 1.165) is 11.3 Å². The number of anilines is 1. The Labute approximate surface area is 118 Å². The highest BCUT2D eigenvalue weighted by atomic mass is 16.6. The number of hydrogen-bond acceptors (Lipinski definition) is 3. The second kappa shape index (κ2) is 6.73. The predicted molar refractivity (Wildman–Crippen MR) is 79.5 cm³/mol. The molecule has 1 amide bonds. The van der Waals surface area contributed by atoms with Crippen molar-refractivity contribution in [2.45, 2.75) is 6.61 Å². The summed E-state index contributed by atoms with van der Waals surface area (Å²) in [7, 11) is 3.91. The Morgan fingerprint density at radius 2 is 1.70 bits per heavy atom. The quantitative estimate of drug-likeness (QED) is 0.849. The van der Waals surface area contributed by atoms with E-state index >= 15 is 0 Å². The largest absolute Gasteiger partial charge is 0.378 e. The maximum atomic E-state index is 11.9. The van der Waals surface area contributed by atoms with Gasteiger partial charge in [0.25, 0.3) is 5.91 Å². The molecule has 0 fully saturated rings. The zero-order valence-corrected chi connectivity index (χ0v) is 11.7.